The molecule has 0 heterocycles. The molecule has 0 saturated carbocycles. The molecule has 8 nitrogen and oxygen atoms in total. The lowest BCUT2D eigenvalue weighted by Crippen LogP contribution is -2.53. The summed E-state index contributed by atoms with van der Waals surface area (Å²) in [7, 11) is 0. The van der Waals surface area contributed by atoms with Gasteiger partial charge in [-0.05, 0) is 25.7 Å². The van der Waals surface area contributed by atoms with Gasteiger partial charge in [-0.3, -0.25) is 19.2 Å². The monoisotopic (exact) mass is 343 g/mol. The first-order chi connectivity index (χ1) is 11.1. The maximum atomic E-state index is 12.4. The average Bonchev–Trinajstić information content (AvgIpc) is 2.44. The summed E-state index contributed by atoms with van der Waals surface area (Å²) < 4.78 is 4.88. The molecule has 138 valence electrons. The number of nitrogens with two attached hydrogens (primary N) is 1. The summed E-state index contributed by atoms with van der Waals surface area (Å²) in [6, 6.07) is -1.78. The van der Waals surface area contributed by atoms with Gasteiger partial charge in [0.2, 0.25) is 17.7 Å². The van der Waals surface area contributed by atoms with Gasteiger partial charge in [0.05, 0.1) is 12.5 Å². The molecule has 3 atom stereocenters. The Kier molecular flexibility index (Phi) is 9.68. The second-order valence-corrected chi connectivity index (χ2v) is 6.24. The van der Waals surface area contributed by atoms with E-state index in [-0.39, 0.29) is 24.9 Å². The highest BCUT2D eigenvalue weighted by Gasteiger charge is 2.28. The first kappa shape index (κ1) is 21.9. The van der Waals surface area contributed by atoms with Crippen LogP contribution in [0, 0.1) is 11.8 Å². The quantitative estimate of drug-likeness (QED) is 0.485. The molecule has 0 aliphatic carbocycles. The Morgan fingerprint density at radius 2 is 1.58 bits per heavy atom. The normalized spacial score (nSPS) is 14.4. The molecule has 0 aromatic rings. The Morgan fingerprint density at radius 3 is 2.00 bits per heavy atom. The van der Waals surface area contributed by atoms with E-state index in [1.54, 1.807) is 13.8 Å². The molecule has 4 N–H and O–H groups in total. The van der Waals surface area contributed by atoms with Gasteiger partial charge in [-0.1, -0.05) is 20.8 Å². The molecule has 0 fully saturated rings. The van der Waals surface area contributed by atoms with Crippen LogP contribution in [0.4, 0.5) is 0 Å². The molecule has 0 aromatic carbocycles. The molecule has 0 bridgehead atoms. The predicted octanol–water partition coefficient (Wildman–Crippen LogP) is 0.0966. The van der Waals surface area contributed by atoms with E-state index in [1.807, 2.05) is 13.8 Å². The highest BCUT2D eigenvalue weighted by atomic mass is 16.5. The lowest BCUT2D eigenvalue weighted by molar-refractivity contribution is -0.148. The van der Waals surface area contributed by atoms with Crippen LogP contribution >= 0.6 is 0 Å². The number of hydrogen-bond acceptors (Lipinski definition) is 5. The van der Waals surface area contributed by atoms with Crippen LogP contribution in [0.5, 0.6) is 0 Å². The minimum Gasteiger partial charge on any atom is -0.466 e. The number of primary amides is 1. The van der Waals surface area contributed by atoms with Gasteiger partial charge in [0.1, 0.15) is 12.1 Å². The number of amides is 3. The summed E-state index contributed by atoms with van der Waals surface area (Å²) >= 11 is 0. The summed E-state index contributed by atoms with van der Waals surface area (Å²) in [4.78, 5) is 46.9. The van der Waals surface area contributed by atoms with Gasteiger partial charge in [0, 0.05) is 6.92 Å². The molecule has 0 aliphatic rings. The second kappa shape index (κ2) is 10.6. The first-order valence-corrected chi connectivity index (χ1v) is 8.11. The molecule has 3 amide bonds. The van der Waals surface area contributed by atoms with Gasteiger partial charge in [-0.2, -0.15) is 0 Å². The van der Waals surface area contributed by atoms with Crippen LogP contribution in [0.1, 0.15) is 47.5 Å². The van der Waals surface area contributed by atoms with Crippen molar-refractivity contribution < 1.29 is 23.9 Å². The van der Waals surface area contributed by atoms with Gasteiger partial charge in [-0.15, -0.1) is 0 Å². The van der Waals surface area contributed by atoms with E-state index in [0.29, 0.717) is 6.42 Å². The first-order valence-electron chi connectivity index (χ1n) is 8.11. The van der Waals surface area contributed by atoms with Crippen LogP contribution in [0.15, 0.2) is 0 Å². The number of carbonyl (C=O) groups is 4. The summed E-state index contributed by atoms with van der Waals surface area (Å²) in [5.41, 5.74) is 5.32. The van der Waals surface area contributed by atoms with E-state index in [0.717, 1.165) is 0 Å². The van der Waals surface area contributed by atoms with Crippen molar-refractivity contribution in [3.05, 3.63) is 0 Å². The zero-order valence-corrected chi connectivity index (χ0v) is 15.0. The molecule has 0 rings (SSSR count). The van der Waals surface area contributed by atoms with E-state index in [9.17, 15) is 19.2 Å². The lowest BCUT2D eigenvalue weighted by Gasteiger charge is -2.23. The molecule has 0 aromatic heterocycles. The Labute approximate surface area is 142 Å². The summed E-state index contributed by atoms with van der Waals surface area (Å²) in [6.45, 7) is 8.65. The number of nitrogens with one attached hydrogen (secondary N) is 2. The summed E-state index contributed by atoms with van der Waals surface area (Å²) in [5.74, 6) is -2.47. The largest absolute Gasteiger partial charge is 0.466 e. The van der Waals surface area contributed by atoms with Crippen molar-refractivity contribution in [3.63, 3.8) is 0 Å². The maximum Gasteiger partial charge on any atom is 0.308 e. The van der Waals surface area contributed by atoms with E-state index in [4.69, 9.17) is 10.5 Å². The zero-order valence-electron chi connectivity index (χ0n) is 15.0. The van der Waals surface area contributed by atoms with Crippen molar-refractivity contribution in [2.24, 2.45) is 17.6 Å². The van der Waals surface area contributed by atoms with Gasteiger partial charge in [-0.25, -0.2) is 0 Å². The minimum absolute atomic E-state index is 0.0361. The smallest absolute Gasteiger partial charge is 0.308 e. The third-order valence-corrected chi connectivity index (χ3v) is 3.34. The predicted molar refractivity (Wildman–Crippen MR) is 88.6 cm³/mol. The standard InChI is InChI=1S/C16H29N3O5/c1-6-24-16(23)10(4)8-12(14(17)21)19-15(22)13(7-9(2)3)18-11(5)20/h9-10,12-13H,6-8H2,1-5H3,(H2,17,21)(H,18,20)(H,19,22)/t10-,12-,13+/m1/s1. The lowest BCUT2D eigenvalue weighted by atomic mass is 9.99. The number of rotatable bonds is 10. The SMILES string of the molecule is CCOC(=O)[C@H](C)C[C@@H](NC(=O)[C@H](CC(C)C)NC(C)=O)C(N)=O. The van der Waals surface area contributed by atoms with Crippen molar-refractivity contribution in [3.8, 4) is 0 Å². The Bertz CT molecular complexity index is 465. The third-order valence-electron chi connectivity index (χ3n) is 3.34. The number of ether oxygens (including phenoxy) is 1. The fourth-order valence-corrected chi connectivity index (χ4v) is 2.20. The van der Waals surface area contributed by atoms with Gasteiger partial charge in [0.15, 0.2) is 0 Å². The van der Waals surface area contributed by atoms with Crippen molar-refractivity contribution in [2.75, 3.05) is 6.61 Å². The van der Waals surface area contributed by atoms with Gasteiger partial charge >= 0.3 is 5.97 Å². The van der Waals surface area contributed by atoms with Gasteiger partial charge in [0.25, 0.3) is 0 Å². The van der Waals surface area contributed by atoms with Crippen molar-refractivity contribution in [2.45, 2.75) is 59.5 Å². The molecule has 0 saturated heterocycles. The molecule has 0 unspecified atom stereocenters. The van der Waals surface area contributed by atoms with Crippen LogP contribution in [0.2, 0.25) is 0 Å². The molecule has 24 heavy (non-hydrogen) atoms. The average molecular weight is 343 g/mol. The molecule has 0 aliphatic heterocycles. The van der Waals surface area contributed by atoms with Crippen molar-refractivity contribution in [1.29, 1.82) is 0 Å². The van der Waals surface area contributed by atoms with E-state index >= 15 is 0 Å². The van der Waals surface area contributed by atoms with Crippen LogP contribution in [0.25, 0.3) is 0 Å². The second-order valence-electron chi connectivity index (χ2n) is 6.24. The summed E-state index contributed by atoms with van der Waals surface area (Å²) in [5, 5.41) is 5.08. The number of hydrogen-bond donors (Lipinski definition) is 3. The molecular formula is C16H29N3O5. The maximum absolute atomic E-state index is 12.4. The Hall–Kier alpha value is -2.12. The Morgan fingerprint density at radius 1 is 1.00 bits per heavy atom. The zero-order chi connectivity index (χ0) is 18.9. The highest BCUT2D eigenvalue weighted by molar-refractivity contribution is 5.91. The fourth-order valence-electron chi connectivity index (χ4n) is 2.20. The van der Waals surface area contributed by atoms with E-state index in [1.165, 1.54) is 6.92 Å². The number of esters is 1. The fraction of sp³-hybridized carbons (Fsp3) is 0.750. The highest BCUT2D eigenvalue weighted by Crippen LogP contribution is 2.10. The van der Waals surface area contributed by atoms with Crippen LogP contribution in [0.3, 0.4) is 0 Å². The third kappa shape index (κ3) is 8.50. The van der Waals surface area contributed by atoms with Gasteiger partial charge < -0.3 is 21.1 Å². The minimum atomic E-state index is -1.01. The van der Waals surface area contributed by atoms with E-state index < -0.39 is 35.8 Å². The molecular weight excluding hydrogens is 314 g/mol. The number of carbonyl (C=O) groups excluding carboxylic acids is 4. The molecule has 0 radical (unpaired) electrons. The summed E-state index contributed by atoms with van der Waals surface area (Å²) in [6.07, 6.45) is 0.457. The van der Waals surface area contributed by atoms with Crippen LogP contribution in [-0.2, 0) is 23.9 Å². The molecule has 8 heteroatoms. The van der Waals surface area contributed by atoms with E-state index in [2.05, 4.69) is 10.6 Å². The molecule has 0 spiro atoms. The Balaban J connectivity index is 4.94. The van der Waals surface area contributed by atoms with Crippen LogP contribution in [-0.4, -0.2) is 42.4 Å². The van der Waals surface area contributed by atoms with Crippen molar-refractivity contribution >= 4 is 23.7 Å². The van der Waals surface area contributed by atoms with Crippen molar-refractivity contribution in [1.82, 2.24) is 10.6 Å². The van der Waals surface area contributed by atoms with Crippen LogP contribution < -0.4 is 16.4 Å². The topological polar surface area (TPSA) is 128 Å².